The van der Waals surface area contributed by atoms with Gasteiger partial charge in [-0.15, -0.1) is 0 Å². The SMILES string of the molecule is CCC(c1cccc2ccccc12)N1CCC(C(=O)NCc2ccc3c(c2)OCO3)CC1. The molecule has 3 aromatic rings. The fourth-order valence-electron chi connectivity index (χ4n) is 5.07. The number of nitrogens with zero attached hydrogens (tertiary/aromatic N) is 1. The summed E-state index contributed by atoms with van der Waals surface area (Å²) in [6.07, 6.45) is 2.86. The van der Waals surface area contributed by atoms with Crippen molar-refractivity contribution in [1.29, 1.82) is 0 Å². The molecule has 3 aromatic carbocycles. The Morgan fingerprint density at radius 2 is 1.81 bits per heavy atom. The van der Waals surface area contributed by atoms with Crippen molar-refractivity contribution >= 4 is 16.7 Å². The predicted molar refractivity (Wildman–Crippen MR) is 126 cm³/mol. The zero-order chi connectivity index (χ0) is 21.9. The predicted octanol–water partition coefficient (Wildman–Crippen LogP) is 5.05. The van der Waals surface area contributed by atoms with Gasteiger partial charge in [-0.25, -0.2) is 0 Å². The molecule has 166 valence electrons. The molecule has 0 aliphatic carbocycles. The van der Waals surface area contributed by atoms with E-state index < -0.39 is 0 Å². The van der Waals surface area contributed by atoms with Gasteiger partial charge in [-0.1, -0.05) is 55.5 Å². The van der Waals surface area contributed by atoms with Crippen molar-refractivity contribution in [3.05, 3.63) is 71.8 Å². The van der Waals surface area contributed by atoms with Gasteiger partial charge in [0.25, 0.3) is 0 Å². The Kier molecular flexibility index (Phi) is 5.99. The number of hydrogen-bond acceptors (Lipinski definition) is 4. The zero-order valence-corrected chi connectivity index (χ0v) is 18.5. The molecule has 2 aliphatic rings. The van der Waals surface area contributed by atoms with E-state index >= 15 is 0 Å². The number of rotatable bonds is 6. The van der Waals surface area contributed by atoms with E-state index in [-0.39, 0.29) is 18.6 Å². The molecule has 1 N–H and O–H groups in total. The number of ether oxygens (including phenoxy) is 2. The molecule has 0 spiro atoms. The highest BCUT2D eigenvalue weighted by Gasteiger charge is 2.29. The number of hydrogen-bond donors (Lipinski definition) is 1. The standard InChI is InChI=1S/C27H30N2O3/c1-2-24(23-9-5-7-20-6-3-4-8-22(20)23)29-14-12-21(13-15-29)27(30)28-17-19-10-11-25-26(16-19)32-18-31-25/h3-11,16,21,24H,2,12-15,17-18H2,1H3,(H,28,30). The van der Waals surface area contributed by atoms with E-state index in [1.807, 2.05) is 18.2 Å². The quantitative estimate of drug-likeness (QED) is 0.595. The molecule has 0 aromatic heterocycles. The highest BCUT2D eigenvalue weighted by atomic mass is 16.7. The van der Waals surface area contributed by atoms with Crippen LogP contribution in [0.25, 0.3) is 10.8 Å². The Morgan fingerprint density at radius 3 is 2.66 bits per heavy atom. The first-order valence-electron chi connectivity index (χ1n) is 11.6. The highest BCUT2D eigenvalue weighted by molar-refractivity contribution is 5.86. The maximum atomic E-state index is 12.8. The molecule has 1 atom stereocenters. The van der Waals surface area contributed by atoms with Gasteiger partial charge in [-0.2, -0.15) is 0 Å². The first-order chi connectivity index (χ1) is 15.7. The van der Waals surface area contributed by atoms with Crippen molar-refractivity contribution in [3.63, 3.8) is 0 Å². The molecule has 1 amide bonds. The topological polar surface area (TPSA) is 50.8 Å². The molecule has 0 saturated carbocycles. The number of carbonyl (C=O) groups is 1. The summed E-state index contributed by atoms with van der Waals surface area (Å²) in [6, 6.07) is 21.5. The summed E-state index contributed by atoms with van der Waals surface area (Å²) >= 11 is 0. The van der Waals surface area contributed by atoms with Crippen molar-refractivity contribution < 1.29 is 14.3 Å². The zero-order valence-electron chi connectivity index (χ0n) is 18.5. The van der Waals surface area contributed by atoms with Crippen LogP contribution in [-0.2, 0) is 11.3 Å². The van der Waals surface area contributed by atoms with E-state index in [0.29, 0.717) is 12.6 Å². The summed E-state index contributed by atoms with van der Waals surface area (Å²) < 4.78 is 10.8. The molecule has 1 fully saturated rings. The van der Waals surface area contributed by atoms with Crippen molar-refractivity contribution in [2.24, 2.45) is 5.92 Å². The van der Waals surface area contributed by atoms with Crippen LogP contribution >= 0.6 is 0 Å². The van der Waals surface area contributed by atoms with Gasteiger partial charge in [-0.05, 0) is 66.4 Å². The second-order valence-electron chi connectivity index (χ2n) is 8.71. The van der Waals surface area contributed by atoms with Crippen molar-refractivity contribution in [2.75, 3.05) is 19.9 Å². The number of carbonyl (C=O) groups excluding carboxylic acids is 1. The van der Waals surface area contributed by atoms with Crippen LogP contribution in [0.15, 0.2) is 60.7 Å². The molecule has 1 unspecified atom stereocenters. The number of likely N-dealkylation sites (tertiary alicyclic amines) is 1. The third-order valence-corrected chi connectivity index (χ3v) is 6.81. The van der Waals surface area contributed by atoms with E-state index in [4.69, 9.17) is 9.47 Å². The van der Waals surface area contributed by atoms with Crippen LogP contribution in [0.5, 0.6) is 11.5 Å². The summed E-state index contributed by atoms with van der Waals surface area (Å²) in [6.45, 7) is 4.94. The Bertz CT molecular complexity index is 1100. The van der Waals surface area contributed by atoms with Crippen LogP contribution in [0.4, 0.5) is 0 Å². The van der Waals surface area contributed by atoms with Crippen LogP contribution < -0.4 is 14.8 Å². The van der Waals surface area contributed by atoms with Crippen LogP contribution in [-0.4, -0.2) is 30.7 Å². The van der Waals surface area contributed by atoms with Gasteiger partial charge in [0.1, 0.15) is 0 Å². The normalized spacial score (nSPS) is 17.4. The molecule has 0 radical (unpaired) electrons. The van der Waals surface area contributed by atoms with Crippen LogP contribution in [0.3, 0.4) is 0 Å². The lowest BCUT2D eigenvalue weighted by molar-refractivity contribution is -0.126. The summed E-state index contributed by atoms with van der Waals surface area (Å²) in [5.41, 5.74) is 2.43. The second kappa shape index (κ2) is 9.21. The Morgan fingerprint density at radius 1 is 1.03 bits per heavy atom. The third-order valence-electron chi connectivity index (χ3n) is 6.81. The minimum atomic E-state index is 0.0743. The van der Waals surface area contributed by atoms with E-state index in [9.17, 15) is 4.79 Å². The maximum Gasteiger partial charge on any atom is 0.231 e. The monoisotopic (exact) mass is 430 g/mol. The van der Waals surface area contributed by atoms with Crippen LogP contribution in [0.2, 0.25) is 0 Å². The molecule has 1 saturated heterocycles. The van der Waals surface area contributed by atoms with Gasteiger partial charge in [0.05, 0.1) is 0 Å². The summed E-state index contributed by atoms with van der Waals surface area (Å²) in [7, 11) is 0. The Labute approximate surface area is 189 Å². The van der Waals surface area contributed by atoms with E-state index in [0.717, 1.165) is 49.4 Å². The number of fused-ring (bicyclic) bond motifs is 2. The van der Waals surface area contributed by atoms with Gasteiger partial charge in [0, 0.05) is 18.5 Å². The molecule has 0 bridgehead atoms. The van der Waals surface area contributed by atoms with Gasteiger partial charge in [0.15, 0.2) is 11.5 Å². The van der Waals surface area contributed by atoms with Gasteiger partial charge in [0.2, 0.25) is 12.7 Å². The summed E-state index contributed by atoms with van der Waals surface area (Å²) in [5, 5.41) is 5.75. The van der Waals surface area contributed by atoms with Gasteiger partial charge in [-0.3, -0.25) is 9.69 Å². The summed E-state index contributed by atoms with van der Waals surface area (Å²) in [4.78, 5) is 15.4. The Balaban J connectivity index is 1.19. The molecule has 32 heavy (non-hydrogen) atoms. The largest absolute Gasteiger partial charge is 0.454 e. The minimum Gasteiger partial charge on any atom is -0.454 e. The van der Waals surface area contributed by atoms with E-state index in [1.54, 1.807) is 0 Å². The van der Waals surface area contributed by atoms with Crippen molar-refractivity contribution in [3.8, 4) is 11.5 Å². The second-order valence-corrected chi connectivity index (χ2v) is 8.71. The maximum absolute atomic E-state index is 12.8. The fraction of sp³-hybridized carbons (Fsp3) is 0.370. The fourth-order valence-corrected chi connectivity index (χ4v) is 5.07. The van der Waals surface area contributed by atoms with Crippen LogP contribution in [0, 0.1) is 5.92 Å². The average molecular weight is 431 g/mol. The number of benzene rings is 3. The third kappa shape index (κ3) is 4.17. The van der Waals surface area contributed by atoms with Gasteiger partial charge >= 0.3 is 0 Å². The van der Waals surface area contributed by atoms with Crippen molar-refractivity contribution in [1.82, 2.24) is 10.2 Å². The number of nitrogens with one attached hydrogen (secondary N) is 1. The molecular weight excluding hydrogens is 400 g/mol. The molecule has 5 rings (SSSR count). The number of amides is 1. The number of piperidine rings is 1. The molecule has 5 nitrogen and oxygen atoms in total. The Hall–Kier alpha value is -3.05. The molecular formula is C27H30N2O3. The lowest BCUT2D eigenvalue weighted by Gasteiger charge is -2.37. The van der Waals surface area contributed by atoms with E-state index in [1.165, 1.54) is 16.3 Å². The molecule has 2 heterocycles. The van der Waals surface area contributed by atoms with Crippen molar-refractivity contribution in [2.45, 2.75) is 38.8 Å². The summed E-state index contributed by atoms with van der Waals surface area (Å²) in [5.74, 6) is 1.75. The lowest BCUT2D eigenvalue weighted by Crippen LogP contribution is -2.41. The first-order valence-corrected chi connectivity index (χ1v) is 11.6. The van der Waals surface area contributed by atoms with Crippen LogP contribution in [0.1, 0.15) is 43.4 Å². The van der Waals surface area contributed by atoms with E-state index in [2.05, 4.69) is 59.6 Å². The molecule has 5 heteroatoms. The average Bonchev–Trinajstić information content (AvgIpc) is 3.31. The minimum absolute atomic E-state index is 0.0743. The lowest BCUT2D eigenvalue weighted by atomic mass is 9.91. The highest BCUT2D eigenvalue weighted by Crippen LogP contribution is 2.34. The smallest absolute Gasteiger partial charge is 0.231 e. The first kappa shape index (κ1) is 20.8. The molecule has 2 aliphatic heterocycles. The van der Waals surface area contributed by atoms with Gasteiger partial charge < -0.3 is 14.8 Å².